The van der Waals surface area contributed by atoms with E-state index in [-0.39, 0.29) is 28.7 Å². The summed E-state index contributed by atoms with van der Waals surface area (Å²) in [4.78, 5) is 14.6. The lowest BCUT2D eigenvalue weighted by Crippen LogP contribution is -2.44. The van der Waals surface area contributed by atoms with Crippen molar-refractivity contribution in [3.8, 4) is 0 Å². The number of carbonyl (C=O) groups excluding carboxylic acids is 1. The molecule has 0 bridgehead atoms. The van der Waals surface area contributed by atoms with Gasteiger partial charge in [-0.05, 0) is 43.5 Å². The Bertz CT molecular complexity index is 715. The average Bonchev–Trinajstić information content (AvgIpc) is 3.28. The summed E-state index contributed by atoms with van der Waals surface area (Å²) >= 11 is 1.36. The molecule has 2 aliphatic rings. The summed E-state index contributed by atoms with van der Waals surface area (Å²) in [7, 11) is -3.01. The summed E-state index contributed by atoms with van der Waals surface area (Å²) < 4.78 is 25.3. The third-order valence-corrected chi connectivity index (χ3v) is 7.82. The minimum atomic E-state index is -3.01. The van der Waals surface area contributed by atoms with E-state index < -0.39 is 9.84 Å². The molecule has 3 rings (SSSR count). The number of tetrazole rings is 1. The zero-order valence-corrected chi connectivity index (χ0v) is 16.3. The molecule has 2 heterocycles. The van der Waals surface area contributed by atoms with Crippen LogP contribution in [0.5, 0.6) is 0 Å². The largest absolute Gasteiger partial charge is 0.338 e. The van der Waals surface area contributed by atoms with Crippen molar-refractivity contribution < 1.29 is 13.2 Å². The number of amides is 1. The van der Waals surface area contributed by atoms with E-state index in [2.05, 4.69) is 15.5 Å². The number of thioether (sulfide) groups is 1. The van der Waals surface area contributed by atoms with Crippen LogP contribution in [0.4, 0.5) is 0 Å². The third-order valence-electron chi connectivity index (χ3n) is 5.04. The van der Waals surface area contributed by atoms with Crippen LogP contribution in [-0.2, 0) is 14.6 Å². The van der Waals surface area contributed by atoms with Gasteiger partial charge in [0.05, 0.1) is 22.8 Å². The molecule has 25 heavy (non-hydrogen) atoms. The molecule has 0 radical (unpaired) electrons. The van der Waals surface area contributed by atoms with Gasteiger partial charge in [-0.1, -0.05) is 24.6 Å². The topological polar surface area (TPSA) is 98.1 Å². The van der Waals surface area contributed by atoms with Gasteiger partial charge in [0, 0.05) is 12.6 Å². The number of nitrogens with zero attached hydrogens (tertiary/aromatic N) is 5. The molecule has 0 N–H and O–H groups in total. The molecule has 2 fully saturated rings. The maximum atomic E-state index is 12.9. The van der Waals surface area contributed by atoms with Crippen molar-refractivity contribution in [2.24, 2.45) is 0 Å². The quantitative estimate of drug-likeness (QED) is 0.679. The Kier molecular flexibility index (Phi) is 5.67. The third kappa shape index (κ3) is 4.16. The highest BCUT2D eigenvalue weighted by atomic mass is 32.2. The molecule has 2 atom stereocenters. The van der Waals surface area contributed by atoms with Crippen LogP contribution in [0.3, 0.4) is 0 Å². The van der Waals surface area contributed by atoms with Gasteiger partial charge in [-0.3, -0.25) is 4.79 Å². The standard InChI is InChI=1S/C15H25N5O3S2/c1-3-19(13-8-9-25(22,23)10-13)14(21)11(2)24-15-16-17-18-20(15)12-6-4-5-7-12/h11-13H,3-10H2,1-2H3. The predicted molar refractivity (Wildman–Crippen MR) is 95.1 cm³/mol. The van der Waals surface area contributed by atoms with E-state index in [0.29, 0.717) is 24.2 Å². The van der Waals surface area contributed by atoms with E-state index in [1.807, 2.05) is 18.5 Å². The fourth-order valence-corrected chi connectivity index (χ4v) is 6.36. The fraction of sp³-hybridized carbons (Fsp3) is 0.867. The SMILES string of the molecule is CCN(C(=O)C(C)Sc1nnnn1C1CCCC1)C1CCS(=O)(=O)C1. The second-order valence-corrected chi connectivity index (χ2v) is 10.3. The van der Waals surface area contributed by atoms with Gasteiger partial charge >= 0.3 is 0 Å². The minimum Gasteiger partial charge on any atom is -0.338 e. The lowest BCUT2D eigenvalue weighted by molar-refractivity contribution is -0.131. The van der Waals surface area contributed by atoms with Crippen LogP contribution in [-0.4, -0.2) is 68.8 Å². The van der Waals surface area contributed by atoms with Crippen LogP contribution >= 0.6 is 11.8 Å². The molecule has 10 heteroatoms. The Morgan fingerprint density at radius 2 is 2.08 bits per heavy atom. The molecule has 1 saturated carbocycles. The molecule has 8 nitrogen and oxygen atoms in total. The maximum Gasteiger partial charge on any atom is 0.236 e. The molecule has 1 amide bonds. The number of aromatic nitrogens is 4. The number of hydrogen-bond acceptors (Lipinski definition) is 7. The molecular weight excluding hydrogens is 362 g/mol. The fourth-order valence-electron chi connectivity index (χ4n) is 3.70. The Labute approximate surface area is 152 Å². The number of rotatable bonds is 6. The highest BCUT2D eigenvalue weighted by Crippen LogP contribution is 2.33. The van der Waals surface area contributed by atoms with Crippen molar-refractivity contribution >= 4 is 27.5 Å². The first kappa shape index (κ1) is 18.6. The highest BCUT2D eigenvalue weighted by molar-refractivity contribution is 8.00. The smallest absolute Gasteiger partial charge is 0.236 e. The van der Waals surface area contributed by atoms with Crippen LogP contribution in [0.15, 0.2) is 5.16 Å². The van der Waals surface area contributed by atoms with E-state index in [1.165, 1.54) is 24.6 Å². The Morgan fingerprint density at radius 3 is 2.68 bits per heavy atom. The normalized spacial score (nSPS) is 24.5. The van der Waals surface area contributed by atoms with Crippen LogP contribution in [0.1, 0.15) is 52.0 Å². The zero-order valence-electron chi connectivity index (χ0n) is 14.7. The van der Waals surface area contributed by atoms with E-state index in [1.54, 1.807) is 4.90 Å². The summed E-state index contributed by atoms with van der Waals surface area (Å²) in [6.45, 7) is 4.24. The first-order chi connectivity index (χ1) is 11.9. The molecular formula is C15H25N5O3S2. The predicted octanol–water partition coefficient (Wildman–Crippen LogP) is 1.30. The minimum absolute atomic E-state index is 0.0458. The molecule has 1 aliphatic carbocycles. The number of hydrogen-bond donors (Lipinski definition) is 0. The van der Waals surface area contributed by atoms with Gasteiger partial charge in [0.25, 0.3) is 0 Å². The summed E-state index contributed by atoms with van der Waals surface area (Å²) in [6.07, 6.45) is 5.04. The van der Waals surface area contributed by atoms with Gasteiger partial charge in [-0.2, -0.15) is 0 Å². The molecule has 140 valence electrons. The highest BCUT2D eigenvalue weighted by Gasteiger charge is 2.36. The van der Waals surface area contributed by atoms with Gasteiger partial charge in [0.1, 0.15) is 0 Å². The van der Waals surface area contributed by atoms with E-state index in [9.17, 15) is 13.2 Å². The average molecular weight is 388 g/mol. The second-order valence-electron chi connectivity index (χ2n) is 6.79. The van der Waals surface area contributed by atoms with Crippen LogP contribution in [0.25, 0.3) is 0 Å². The molecule has 1 saturated heterocycles. The second kappa shape index (κ2) is 7.61. The lowest BCUT2D eigenvalue weighted by Gasteiger charge is -2.29. The van der Waals surface area contributed by atoms with Gasteiger partial charge in [0.15, 0.2) is 9.84 Å². The van der Waals surface area contributed by atoms with Gasteiger partial charge in [0.2, 0.25) is 11.1 Å². The van der Waals surface area contributed by atoms with Crippen molar-refractivity contribution in [1.82, 2.24) is 25.1 Å². The van der Waals surface area contributed by atoms with Gasteiger partial charge < -0.3 is 4.90 Å². The van der Waals surface area contributed by atoms with Gasteiger partial charge in [-0.15, -0.1) is 5.10 Å². The summed E-state index contributed by atoms with van der Waals surface area (Å²) in [5.41, 5.74) is 0. The Hall–Kier alpha value is -1.16. The molecule has 2 unspecified atom stereocenters. The first-order valence-corrected chi connectivity index (χ1v) is 11.6. The molecule has 1 aromatic heterocycles. The van der Waals surface area contributed by atoms with Crippen molar-refractivity contribution in [3.05, 3.63) is 0 Å². The van der Waals surface area contributed by atoms with Gasteiger partial charge in [-0.25, -0.2) is 13.1 Å². The molecule has 0 spiro atoms. The van der Waals surface area contributed by atoms with Crippen molar-refractivity contribution in [2.75, 3.05) is 18.1 Å². The van der Waals surface area contributed by atoms with Crippen LogP contribution < -0.4 is 0 Å². The zero-order chi connectivity index (χ0) is 18.0. The van der Waals surface area contributed by atoms with Crippen LogP contribution in [0.2, 0.25) is 0 Å². The Morgan fingerprint density at radius 1 is 1.36 bits per heavy atom. The summed E-state index contributed by atoms with van der Waals surface area (Å²) in [5, 5.41) is 12.3. The van der Waals surface area contributed by atoms with E-state index >= 15 is 0 Å². The first-order valence-electron chi connectivity index (χ1n) is 8.86. The molecule has 0 aromatic carbocycles. The molecule has 1 aromatic rings. The van der Waals surface area contributed by atoms with E-state index in [0.717, 1.165) is 12.8 Å². The summed E-state index contributed by atoms with van der Waals surface area (Å²) in [6, 6.07) is 0.110. The maximum absolute atomic E-state index is 12.9. The lowest BCUT2D eigenvalue weighted by atomic mass is 10.2. The number of carbonyl (C=O) groups is 1. The monoisotopic (exact) mass is 387 g/mol. The summed E-state index contributed by atoms with van der Waals surface area (Å²) in [5.74, 6) is 0.197. The van der Waals surface area contributed by atoms with Crippen molar-refractivity contribution in [2.45, 2.75) is 68.4 Å². The Balaban J connectivity index is 1.67. The van der Waals surface area contributed by atoms with Crippen molar-refractivity contribution in [3.63, 3.8) is 0 Å². The molecule has 1 aliphatic heterocycles. The van der Waals surface area contributed by atoms with Crippen molar-refractivity contribution in [1.29, 1.82) is 0 Å². The number of sulfone groups is 1. The van der Waals surface area contributed by atoms with E-state index in [4.69, 9.17) is 0 Å². The van der Waals surface area contributed by atoms with Crippen LogP contribution in [0, 0.1) is 0 Å².